The van der Waals surface area contributed by atoms with Crippen molar-refractivity contribution in [3.8, 4) is 0 Å². The van der Waals surface area contributed by atoms with Crippen LogP contribution in [0.2, 0.25) is 0 Å². The number of hydrogen-bond donors (Lipinski definition) is 2. The van der Waals surface area contributed by atoms with Crippen LogP contribution in [-0.4, -0.2) is 24.9 Å². The molecule has 1 aromatic heterocycles. The summed E-state index contributed by atoms with van der Waals surface area (Å²) in [6.07, 6.45) is 2.32. The van der Waals surface area contributed by atoms with Crippen LogP contribution < -0.4 is 10.5 Å². The molecule has 0 bridgehead atoms. The van der Waals surface area contributed by atoms with Gasteiger partial charge in [0.1, 0.15) is 9.88 Å². The van der Waals surface area contributed by atoms with Crippen molar-refractivity contribution in [2.45, 2.75) is 25.2 Å². The second-order valence-corrected chi connectivity index (χ2v) is 7.69. The van der Waals surface area contributed by atoms with Crippen LogP contribution in [-0.2, 0) is 10.0 Å². The number of aromatic nitrogens is 1. The Balaban J connectivity index is 2.05. The fraction of sp³-hybridized carbons (Fsp3) is 0.500. The summed E-state index contributed by atoms with van der Waals surface area (Å²) in [6, 6.07) is 2.97. The number of sulfonamides is 1. The van der Waals surface area contributed by atoms with Gasteiger partial charge in [-0.2, -0.15) is 0 Å². The van der Waals surface area contributed by atoms with Gasteiger partial charge in [0.25, 0.3) is 0 Å². The van der Waals surface area contributed by atoms with Gasteiger partial charge in [-0.05, 0) is 29.9 Å². The zero-order chi connectivity index (χ0) is 14.3. The Morgan fingerprint density at radius 2 is 2.21 bits per heavy atom. The van der Waals surface area contributed by atoms with Gasteiger partial charge in [0.15, 0.2) is 0 Å². The van der Waals surface area contributed by atoms with Crippen molar-refractivity contribution in [1.29, 1.82) is 0 Å². The third-order valence-corrected chi connectivity index (χ3v) is 5.15. The SMILES string of the molecule is CC1(C)CC1CNS(=O)(=O)c1ccc(C(N)=S)nc1. The minimum atomic E-state index is -3.50. The number of pyridine rings is 1. The van der Waals surface area contributed by atoms with Crippen LogP contribution in [0.15, 0.2) is 23.2 Å². The average Bonchev–Trinajstić information content (AvgIpc) is 2.95. The fourth-order valence-corrected chi connectivity index (χ4v) is 3.05. The van der Waals surface area contributed by atoms with Gasteiger partial charge in [-0.15, -0.1) is 0 Å². The van der Waals surface area contributed by atoms with Crippen molar-refractivity contribution >= 4 is 27.2 Å². The number of hydrogen-bond acceptors (Lipinski definition) is 4. The van der Waals surface area contributed by atoms with Gasteiger partial charge in [0, 0.05) is 12.7 Å². The van der Waals surface area contributed by atoms with Crippen LogP contribution in [0.3, 0.4) is 0 Å². The molecule has 1 saturated carbocycles. The van der Waals surface area contributed by atoms with Crippen molar-refractivity contribution in [3.63, 3.8) is 0 Å². The Hall–Kier alpha value is -1.05. The highest BCUT2D eigenvalue weighted by Gasteiger charge is 2.45. The summed E-state index contributed by atoms with van der Waals surface area (Å²) in [7, 11) is -3.50. The Morgan fingerprint density at radius 1 is 1.58 bits per heavy atom. The van der Waals surface area contributed by atoms with Gasteiger partial charge in [-0.3, -0.25) is 4.98 Å². The minimum absolute atomic E-state index is 0.131. The first kappa shape index (κ1) is 14.4. The van der Waals surface area contributed by atoms with E-state index in [1.807, 2.05) is 0 Å². The van der Waals surface area contributed by atoms with Gasteiger partial charge >= 0.3 is 0 Å². The molecular formula is C12H17N3O2S2. The van der Waals surface area contributed by atoms with E-state index in [0.29, 0.717) is 18.2 Å². The van der Waals surface area contributed by atoms with Crippen LogP contribution in [0.5, 0.6) is 0 Å². The zero-order valence-corrected chi connectivity index (χ0v) is 12.5. The van der Waals surface area contributed by atoms with Crippen LogP contribution in [0, 0.1) is 11.3 Å². The molecule has 0 aromatic carbocycles. The first-order valence-electron chi connectivity index (χ1n) is 5.98. The summed E-state index contributed by atoms with van der Waals surface area (Å²) < 4.78 is 26.7. The topological polar surface area (TPSA) is 85.1 Å². The van der Waals surface area contributed by atoms with E-state index in [0.717, 1.165) is 6.42 Å². The molecule has 0 spiro atoms. The largest absolute Gasteiger partial charge is 0.388 e. The van der Waals surface area contributed by atoms with E-state index in [2.05, 4.69) is 23.6 Å². The van der Waals surface area contributed by atoms with E-state index in [-0.39, 0.29) is 15.3 Å². The normalized spacial score (nSPS) is 21.1. The maximum Gasteiger partial charge on any atom is 0.242 e. The molecule has 1 aliphatic rings. The molecule has 0 radical (unpaired) electrons. The average molecular weight is 299 g/mol. The van der Waals surface area contributed by atoms with E-state index in [9.17, 15) is 8.42 Å². The van der Waals surface area contributed by atoms with E-state index in [4.69, 9.17) is 18.0 Å². The van der Waals surface area contributed by atoms with E-state index < -0.39 is 10.0 Å². The van der Waals surface area contributed by atoms with Crippen molar-refractivity contribution < 1.29 is 8.42 Å². The Morgan fingerprint density at radius 3 is 2.63 bits per heavy atom. The van der Waals surface area contributed by atoms with Gasteiger partial charge in [0.2, 0.25) is 10.0 Å². The molecule has 19 heavy (non-hydrogen) atoms. The minimum Gasteiger partial charge on any atom is -0.388 e. The molecule has 0 aliphatic heterocycles. The van der Waals surface area contributed by atoms with Gasteiger partial charge in [0.05, 0.1) is 5.69 Å². The first-order chi connectivity index (χ1) is 8.72. The third-order valence-electron chi connectivity index (χ3n) is 3.54. The molecule has 3 N–H and O–H groups in total. The second kappa shape index (κ2) is 4.81. The van der Waals surface area contributed by atoms with E-state index >= 15 is 0 Å². The number of rotatable bonds is 5. The van der Waals surface area contributed by atoms with Crippen molar-refractivity contribution in [1.82, 2.24) is 9.71 Å². The van der Waals surface area contributed by atoms with E-state index in [1.54, 1.807) is 0 Å². The predicted octanol–water partition coefficient (Wildman–Crippen LogP) is 1.04. The summed E-state index contributed by atoms with van der Waals surface area (Å²) in [5.74, 6) is 0.408. The highest BCUT2D eigenvalue weighted by atomic mass is 32.2. The van der Waals surface area contributed by atoms with Crippen molar-refractivity contribution in [2.24, 2.45) is 17.1 Å². The predicted molar refractivity (Wildman–Crippen MR) is 77.2 cm³/mol. The number of thiocarbonyl (C=S) groups is 1. The molecule has 1 heterocycles. The molecule has 1 unspecified atom stereocenters. The van der Waals surface area contributed by atoms with Gasteiger partial charge in [-0.1, -0.05) is 26.1 Å². The molecular weight excluding hydrogens is 282 g/mol. The molecule has 7 heteroatoms. The standard InChI is InChI=1S/C12H17N3O2S2/c1-12(2)5-8(12)6-15-19(16,17)9-3-4-10(11(13)18)14-7-9/h3-4,7-8,15H,5-6H2,1-2H3,(H2,13,18). The number of nitrogens with two attached hydrogens (primary N) is 1. The number of nitrogens with one attached hydrogen (secondary N) is 1. The molecule has 5 nitrogen and oxygen atoms in total. The summed E-state index contributed by atoms with van der Waals surface area (Å²) in [4.78, 5) is 4.21. The Bertz CT molecular complexity index is 594. The van der Waals surface area contributed by atoms with Crippen LogP contribution in [0.1, 0.15) is 26.0 Å². The summed E-state index contributed by atoms with van der Waals surface area (Å²) >= 11 is 4.77. The highest BCUT2D eigenvalue weighted by Crippen LogP contribution is 2.51. The first-order valence-corrected chi connectivity index (χ1v) is 7.87. The molecule has 104 valence electrons. The van der Waals surface area contributed by atoms with E-state index in [1.165, 1.54) is 18.3 Å². The van der Waals surface area contributed by atoms with Crippen LogP contribution >= 0.6 is 12.2 Å². The highest BCUT2D eigenvalue weighted by molar-refractivity contribution is 7.89. The quantitative estimate of drug-likeness (QED) is 0.794. The summed E-state index contributed by atoms with van der Waals surface area (Å²) in [6.45, 7) is 4.72. The van der Waals surface area contributed by atoms with Crippen molar-refractivity contribution in [2.75, 3.05) is 6.54 Å². The second-order valence-electron chi connectivity index (χ2n) is 5.48. The monoisotopic (exact) mass is 299 g/mol. The maximum atomic E-state index is 12.0. The molecule has 1 aliphatic carbocycles. The molecule has 2 rings (SSSR count). The molecule has 1 fully saturated rings. The maximum absolute atomic E-state index is 12.0. The van der Waals surface area contributed by atoms with Crippen LogP contribution in [0.4, 0.5) is 0 Å². The lowest BCUT2D eigenvalue weighted by Gasteiger charge is -2.08. The van der Waals surface area contributed by atoms with Crippen LogP contribution in [0.25, 0.3) is 0 Å². The Kier molecular flexibility index (Phi) is 3.63. The number of nitrogens with zero attached hydrogens (tertiary/aromatic N) is 1. The molecule has 1 aromatic rings. The smallest absolute Gasteiger partial charge is 0.242 e. The summed E-state index contributed by atoms with van der Waals surface area (Å²) in [5.41, 5.74) is 6.07. The van der Waals surface area contributed by atoms with Gasteiger partial charge in [-0.25, -0.2) is 13.1 Å². The fourth-order valence-electron chi connectivity index (χ4n) is 1.90. The summed E-state index contributed by atoms with van der Waals surface area (Å²) in [5, 5.41) is 0. The van der Waals surface area contributed by atoms with Gasteiger partial charge < -0.3 is 5.73 Å². The zero-order valence-electron chi connectivity index (χ0n) is 10.9. The molecule has 1 atom stereocenters. The molecule has 0 amide bonds. The van der Waals surface area contributed by atoms with Crippen molar-refractivity contribution in [3.05, 3.63) is 24.0 Å². The lowest BCUT2D eigenvalue weighted by Crippen LogP contribution is -2.27. The third kappa shape index (κ3) is 3.29. The Labute approximate surface area is 118 Å². The lowest BCUT2D eigenvalue weighted by molar-refractivity contribution is 0.537. The molecule has 0 saturated heterocycles. The lowest BCUT2D eigenvalue weighted by atomic mass is 10.1.